The molecule has 0 unspecified atom stereocenters. The Hall–Kier alpha value is -2.08. The molecule has 0 amide bonds. The fourth-order valence-electron chi connectivity index (χ4n) is 2.31. The maximum atomic E-state index is 12.3. The third kappa shape index (κ3) is 4.01. The van der Waals surface area contributed by atoms with Gasteiger partial charge in [-0.05, 0) is 44.0 Å². The highest BCUT2D eigenvalue weighted by atomic mass is 79.9. The lowest BCUT2D eigenvalue weighted by Gasteiger charge is -2.06. The Labute approximate surface area is 143 Å². The van der Waals surface area contributed by atoms with Gasteiger partial charge in [0, 0.05) is 10.2 Å². The van der Waals surface area contributed by atoms with E-state index in [-0.39, 0.29) is 13.2 Å². The molecule has 2 aromatic rings. The molecule has 122 valence electrons. The number of aromatic amines is 1. The van der Waals surface area contributed by atoms with E-state index in [1.807, 2.05) is 24.3 Å². The fraction of sp³-hybridized carbons (Fsp3) is 0.294. The summed E-state index contributed by atoms with van der Waals surface area (Å²) >= 11 is 3.37. The zero-order chi connectivity index (χ0) is 17.0. The molecule has 1 N–H and O–H groups in total. The second-order valence-electron chi connectivity index (χ2n) is 5.05. The number of nitrogens with one attached hydrogen (secondary N) is 1. The van der Waals surface area contributed by atoms with Gasteiger partial charge >= 0.3 is 11.9 Å². The Morgan fingerprint density at radius 1 is 1.17 bits per heavy atom. The lowest BCUT2D eigenvalue weighted by Crippen LogP contribution is -2.09. The molecule has 5 nitrogen and oxygen atoms in total. The van der Waals surface area contributed by atoms with Gasteiger partial charge in [0.2, 0.25) is 0 Å². The van der Waals surface area contributed by atoms with Gasteiger partial charge in [-0.25, -0.2) is 9.59 Å². The van der Waals surface area contributed by atoms with Crippen LogP contribution in [0.15, 0.2) is 28.7 Å². The van der Waals surface area contributed by atoms with E-state index in [0.717, 1.165) is 10.0 Å². The van der Waals surface area contributed by atoms with Crippen LogP contribution in [0.4, 0.5) is 0 Å². The van der Waals surface area contributed by atoms with Crippen LogP contribution in [0.2, 0.25) is 0 Å². The molecule has 0 bridgehead atoms. The SMILES string of the molecule is CCOC(=O)c1[nH]c(C)c(C(=O)OCc2cccc(Br)c2)c1C. The second-order valence-corrected chi connectivity index (χ2v) is 5.97. The van der Waals surface area contributed by atoms with Crippen LogP contribution in [0.25, 0.3) is 0 Å². The first-order chi connectivity index (χ1) is 10.9. The van der Waals surface area contributed by atoms with Gasteiger partial charge in [-0.3, -0.25) is 0 Å². The maximum Gasteiger partial charge on any atom is 0.355 e. The quantitative estimate of drug-likeness (QED) is 0.799. The van der Waals surface area contributed by atoms with Crippen molar-refractivity contribution in [2.75, 3.05) is 6.61 Å². The molecular formula is C17H18BrNO4. The Morgan fingerprint density at radius 3 is 2.57 bits per heavy atom. The average molecular weight is 380 g/mol. The van der Waals surface area contributed by atoms with Crippen LogP contribution in [-0.4, -0.2) is 23.5 Å². The minimum atomic E-state index is -0.473. The van der Waals surface area contributed by atoms with E-state index in [2.05, 4.69) is 20.9 Å². The molecule has 23 heavy (non-hydrogen) atoms. The smallest absolute Gasteiger partial charge is 0.355 e. The number of carbonyl (C=O) groups is 2. The number of H-pyrrole nitrogens is 1. The Kier molecular flexibility index (Phi) is 5.60. The topological polar surface area (TPSA) is 68.4 Å². The number of carbonyl (C=O) groups excluding carboxylic acids is 2. The monoisotopic (exact) mass is 379 g/mol. The van der Waals surface area contributed by atoms with E-state index < -0.39 is 11.9 Å². The third-order valence-electron chi connectivity index (χ3n) is 3.38. The zero-order valence-electron chi connectivity index (χ0n) is 13.2. The molecule has 0 saturated heterocycles. The van der Waals surface area contributed by atoms with Crippen molar-refractivity contribution in [3.8, 4) is 0 Å². The van der Waals surface area contributed by atoms with Crippen LogP contribution in [0, 0.1) is 13.8 Å². The van der Waals surface area contributed by atoms with Gasteiger partial charge in [0.1, 0.15) is 12.3 Å². The molecule has 6 heteroatoms. The number of aromatic nitrogens is 1. The van der Waals surface area contributed by atoms with Gasteiger partial charge in [0.15, 0.2) is 0 Å². The van der Waals surface area contributed by atoms with Gasteiger partial charge in [-0.2, -0.15) is 0 Å². The van der Waals surface area contributed by atoms with Crippen LogP contribution >= 0.6 is 15.9 Å². The molecule has 0 fully saturated rings. The van der Waals surface area contributed by atoms with Gasteiger partial charge < -0.3 is 14.5 Å². The van der Waals surface area contributed by atoms with Crippen molar-refractivity contribution in [3.05, 3.63) is 56.8 Å². The highest BCUT2D eigenvalue weighted by Gasteiger charge is 2.23. The van der Waals surface area contributed by atoms with Crippen molar-refractivity contribution in [3.63, 3.8) is 0 Å². The second kappa shape index (κ2) is 7.46. The highest BCUT2D eigenvalue weighted by Crippen LogP contribution is 2.21. The third-order valence-corrected chi connectivity index (χ3v) is 3.87. The number of ether oxygens (including phenoxy) is 2. The molecule has 0 aliphatic carbocycles. The zero-order valence-corrected chi connectivity index (χ0v) is 14.8. The number of hydrogen-bond acceptors (Lipinski definition) is 4. The van der Waals surface area contributed by atoms with E-state index in [9.17, 15) is 9.59 Å². The summed E-state index contributed by atoms with van der Waals surface area (Å²) in [6.07, 6.45) is 0. The Morgan fingerprint density at radius 2 is 1.91 bits per heavy atom. The summed E-state index contributed by atoms with van der Waals surface area (Å²) in [7, 11) is 0. The molecule has 0 aliphatic rings. The van der Waals surface area contributed by atoms with Gasteiger partial charge in [0.25, 0.3) is 0 Å². The molecule has 0 atom stereocenters. The first kappa shape index (κ1) is 17.3. The largest absolute Gasteiger partial charge is 0.461 e. The van der Waals surface area contributed by atoms with Crippen molar-refractivity contribution in [1.82, 2.24) is 4.98 Å². The number of hydrogen-bond donors (Lipinski definition) is 1. The van der Waals surface area contributed by atoms with E-state index in [1.54, 1.807) is 20.8 Å². The molecule has 0 spiro atoms. The minimum absolute atomic E-state index is 0.164. The first-order valence-electron chi connectivity index (χ1n) is 7.21. The standard InChI is InChI=1S/C17H18BrNO4/c1-4-22-17(21)15-10(2)14(11(3)19-15)16(20)23-9-12-6-5-7-13(18)8-12/h5-8,19H,4,9H2,1-3H3. The van der Waals surface area contributed by atoms with Crippen molar-refractivity contribution in [2.45, 2.75) is 27.4 Å². The maximum absolute atomic E-state index is 12.3. The number of benzene rings is 1. The van der Waals surface area contributed by atoms with Crippen LogP contribution in [0.3, 0.4) is 0 Å². The Balaban J connectivity index is 2.15. The van der Waals surface area contributed by atoms with E-state index >= 15 is 0 Å². The minimum Gasteiger partial charge on any atom is -0.461 e. The van der Waals surface area contributed by atoms with Crippen LogP contribution in [0.1, 0.15) is 44.6 Å². The summed E-state index contributed by atoms with van der Waals surface area (Å²) in [5.41, 5.74) is 2.68. The summed E-state index contributed by atoms with van der Waals surface area (Å²) in [5.74, 6) is -0.939. The van der Waals surface area contributed by atoms with Crippen LogP contribution in [0.5, 0.6) is 0 Å². The van der Waals surface area contributed by atoms with Crippen molar-refractivity contribution < 1.29 is 19.1 Å². The molecule has 0 radical (unpaired) electrons. The average Bonchev–Trinajstić information content (AvgIpc) is 2.80. The van der Waals surface area contributed by atoms with Gasteiger partial charge in [0.05, 0.1) is 12.2 Å². The predicted molar refractivity (Wildman–Crippen MR) is 89.5 cm³/mol. The van der Waals surface area contributed by atoms with E-state index in [0.29, 0.717) is 22.5 Å². The number of halogens is 1. The number of esters is 2. The van der Waals surface area contributed by atoms with Gasteiger partial charge in [-0.1, -0.05) is 28.1 Å². The fourth-order valence-corrected chi connectivity index (χ4v) is 2.76. The Bertz CT molecular complexity index is 736. The normalized spacial score (nSPS) is 10.4. The molecule has 1 aromatic carbocycles. The van der Waals surface area contributed by atoms with Crippen LogP contribution < -0.4 is 0 Å². The molecule has 1 aromatic heterocycles. The summed E-state index contributed by atoms with van der Waals surface area (Å²) in [6.45, 7) is 5.60. The molecular weight excluding hydrogens is 362 g/mol. The van der Waals surface area contributed by atoms with Crippen molar-refractivity contribution in [2.24, 2.45) is 0 Å². The highest BCUT2D eigenvalue weighted by molar-refractivity contribution is 9.10. The van der Waals surface area contributed by atoms with Crippen LogP contribution in [-0.2, 0) is 16.1 Å². The number of rotatable bonds is 5. The van der Waals surface area contributed by atoms with Crippen molar-refractivity contribution in [1.29, 1.82) is 0 Å². The van der Waals surface area contributed by atoms with E-state index in [1.165, 1.54) is 0 Å². The first-order valence-corrected chi connectivity index (χ1v) is 8.01. The molecule has 0 aliphatic heterocycles. The summed E-state index contributed by atoms with van der Waals surface area (Å²) in [5, 5.41) is 0. The summed E-state index contributed by atoms with van der Waals surface area (Å²) in [6, 6.07) is 7.53. The lowest BCUT2D eigenvalue weighted by molar-refractivity contribution is 0.0471. The van der Waals surface area contributed by atoms with Gasteiger partial charge in [-0.15, -0.1) is 0 Å². The van der Waals surface area contributed by atoms with E-state index in [4.69, 9.17) is 9.47 Å². The lowest BCUT2D eigenvalue weighted by atomic mass is 10.1. The number of aryl methyl sites for hydroxylation is 1. The molecule has 2 rings (SSSR count). The molecule has 1 heterocycles. The summed E-state index contributed by atoms with van der Waals surface area (Å²) < 4.78 is 11.2. The summed E-state index contributed by atoms with van der Waals surface area (Å²) in [4.78, 5) is 27.1. The van der Waals surface area contributed by atoms with Crippen molar-refractivity contribution >= 4 is 27.9 Å². The predicted octanol–water partition coefficient (Wildman–Crippen LogP) is 3.93. The molecule has 0 saturated carbocycles.